The Labute approximate surface area is 105 Å². The molecule has 1 heterocycles. The lowest BCUT2D eigenvalue weighted by Crippen LogP contribution is -2.40. The number of hydrogen-bond donors (Lipinski definition) is 3. The molecule has 100 valence electrons. The zero-order chi connectivity index (χ0) is 13.5. The summed E-state index contributed by atoms with van der Waals surface area (Å²) in [5.74, 6) is 0.358. The lowest BCUT2D eigenvalue weighted by atomic mass is 10.3. The van der Waals surface area contributed by atoms with Crippen molar-refractivity contribution in [2.24, 2.45) is 5.73 Å². The number of carbonyl (C=O) groups excluding carboxylic acids is 2. The molecule has 0 fully saturated rings. The average Bonchev–Trinajstić information content (AvgIpc) is 2.75. The van der Waals surface area contributed by atoms with Crippen LogP contribution in [0.1, 0.15) is 32.1 Å². The van der Waals surface area contributed by atoms with Gasteiger partial charge in [0.15, 0.2) is 0 Å². The monoisotopic (exact) mass is 254 g/mol. The smallest absolute Gasteiger partial charge is 0.312 e. The molecule has 0 bridgehead atoms. The molecule has 0 aromatic carbocycles. The fourth-order valence-electron chi connectivity index (χ4n) is 1.52. The molecule has 0 saturated carbocycles. The van der Waals surface area contributed by atoms with Crippen molar-refractivity contribution in [1.82, 2.24) is 25.4 Å². The van der Waals surface area contributed by atoms with Crippen LogP contribution in [0.4, 0.5) is 4.79 Å². The fraction of sp³-hybridized carbons (Fsp3) is 0.600. The van der Waals surface area contributed by atoms with Crippen LogP contribution in [-0.2, 0) is 11.3 Å². The number of aryl methyl sites for hydroxylation is 1. The van der Waals surface area contributed by atoms with E-state index in [2.05, 4.69) is 20.7 Å². The highest BCUT2D eigenvalue weighted by atomic mass is 16.2. The summed E-state index contributed by atoms with van der Waals surface area (Å²) in [7, 11) is 0. The van der Waals surface area contributed by atoms with Gasteiger partial charge >= 0.3 is 6.03 Å². The van der Waals surface area contributed by atoms with Gasteiger partial charge < -0.3 is 16.4 Å². The second-order valence-corrected chi connectivity index (χ2v) is 3.85. The predicted molar refractivity (Wildman–Crippen MR) is 64.5 cm³/mol. The molecule has 1 aromatic rings. The maximum atomic E-state index is 11.5. The van der Waals surface area contributed by atoms with Gasteiger partial charge in [-0.2, -0.15) is 5.10 Å². The Balaban J connectivity index is 2.53. The van der Waals surface area contributed by atoms with Crippen molar-refractivity contribution >= 4 is 11.9 Å². The number of aromatic nitrogens is 3. The SMILES string of the molecule is CCCn1ncnc1C(C)NC(=O)CNC(N)=O. The van der Waals surface area contributed by atoms with E-state index in [4.69, 9.17) is 5.73 Å². The van der Waals surface area contributed by atoms with E-state index < -0.39 is 6.03 Å². The molecule has 0 aliphatic rings. The van der Waals surface area contributed by atoms with Crippen molar-refractivity contribution in [3.8, 4) is 0 Å². The van der Waals surface area contributed by atoms with Gasteiger partial charge in [0.25, 0.3) is 0 Å². The summed E-state index contributed by atoms with van der Waals surface area (Å²) in [6.07, 6.45) is 2.38. The lowest BCUT2D eigenvalue weighted by Gasteiger charge is -2.14. The van der Waals surface area contributed by atoms with Crippen molar-refractivity contribution in [3.63, 3.8) is 0 Å². The van der Waals surface area contributed by atoms with Gasteiger partial charge in [0, 0.05) is 6.54 Å². The van der Waals surface area contributed by atoms with Crippen LogP contribution in [0.3, 0.4) is 0 Å². The number of nitrogens with zero attached hydrogens (tertiary/aromatic N) is 3. The van der Waals surface area contributed by atoms with Crippen LogP contribution in [0.15, 0.2) is 6.33 Å². The van der Waals surface area contributed by atoms with Crippen molar-refractivity contribution in [1.29, 1.82) is 0 Å². The zero-order valence-electron chi connectivity index (χ0n) is 10.5. The first kappa shape index (κ1) is 13.9. The van der Waals surface area contributed by atoms with Crippen LogP contribution in [0.5, 0.6) is 0 Å². The lowest BCUT2D eigenvalue weighted by molar-refractivity contribution is -0.120. The molecular weight excluding hydrogens is 236 g/mol. The van der Waals surface area contributed by atoms with E-state index >= 15 is 0 Å². The van der Waals surface area contributed by atoms with E-state index in [0.29, 0.717) is 5.82 Å². The second kappa shape index (κ2) is 6.58. The molecule has 1 atom stereocenters. The van der Waals surface area contributed by atoms with E-state index in [1.165, 1.54) is 6.33 Å². The molecule has 18 heavy (non-hydrogen) atoms. The minimum Gasteiger partial charge on any atom is -0.352 e. The highest BCUT2D eigenvalue weighted by Gasteiger charge is 2.15. The Morgan fingerprint density at radius 3 is 2.89 bits per heavy atom. The predicted octanol–water partition coefficient (Wildman–Crippen LogP) is -0.466. The summed E-state index contributed by atoms with van der Waals surface area (Å²) in [5, 5.41) is 9.00. The maximum absolute atomic E-state index is 11.5. The van der Waals surface area contributed by atoms with Crippen LogP contribution in [0, 0.1) is 0 Å². The van der Waals surface area contributed by atoms with Gasteiger partial charge in [0.1, 0.15) is 12.2 Å². The van der Waals surface area contributed by atoms with Gasteiger partial charge in [0.05, 0.1) is 12.6 Å². The molecule has 8 nitrogen and oxygen atoms in total. The molecule has 1 aromatic heterocycles. The van der Waals surface area contributed by atoms with E-state index in [0.717, 1.165) is 13.0 Å². The van der Waals surface area contributed by atoms with Gasteiger partial charge in [-0.3, -0.25) is 4.79 Å². The van der Waals surface area contributed by atoms with Crippen molar-refractivity contribution < 1.29 is 9.59 Å². The molecular formula is C10H18N6O2. The van der Waals surface area contributed by atoms with E-state index in [1.54, 1.807) is 11.6 Å². The van der Waals surface area contributed by atoms with Crippen molar-refractivity contribution in [3.05, 3.63) is 12.2 Å². The Morgan fingerprint density at radius 2 is 2.28 bits per heavy atom. The molecule has 8 heteroatoms. The van der Waals surface area contributed by atoms with Crippen molar-refractivity contribution in [2.75, 3.05) is 6.54 Å². The van der Waals surface area contributed by atoms with Gasteiger partial charge in [-0.15, -0.1) is 0 Å². The highest BCUT2D eigenvalue weighted by molar-refractivity contribution is 5.83. The van der Waals surface area contributed by atoms with Gasteiger partial charge in [0.2, 0.25) is 5.91 Å². The maximum Gasteiger partial charge on any atom is 0.312 e. The summed E-state index contributed by atoms with van der Waals surface area (Å²) in [5.41, 5.74) is 4.87. The Kier molecular flexibility index (Phi) is 5.09. The zero-order valence-corrected chi connectivity index (χ0v) is 10.5. The molecule has 0 radical (unpaired) electrons. The number of amides is 3. The number of urea groups is 1. The molecule has 4 N–H and O–H groups in total. The topological polar surface area (TPSA) is 115 Å². The third kappa shape index (κ3) is 4.04. The Bertz CT molecular complexity index is 416. The minimum atomic E-state index is -0.730. The van der Waals surface area contributed by atoms with Gasteiger partial charge in [-0.25, -0.2) is 14.5 Å². The first-order valence-electron chi connectivity index (χ1n) is 5.75. The Hall–Kier alpha value is -2.12. The molecule has 3 amide bonds. The van der Waals surface area contributed by atoms with Crippen LogP contribution in [0.2, 0.25) is 0 Å². The fourth-order valence-corrected chi connectivity index (χ4v) is 1.52. The van der Waals surface area contributed by atoms with Gasteiger partial charge in [-0.1, -0.05) is 6.92 Å². The van der Waals surface area contributed by atoms with E-state index in [1.807, 2.05) is 6.92 Å². The molecule has 0 aliphatic carbocycles. The van der Waals surface area contributed by atoms with Gasteiger partial charge in [-0.05, 0) is 13.3 Å². The first-order valence-corrected chi connectivity index (χ1v) is 5.75. The molecule has 0 saturated heterocycles. The summed E-state index contributed by atoms with van der Waals surface area (Å²) in [6, 6.07) is -1.01. The summed E-state index contributed by atoms with van der Waals surface area (Å²) >= 11 is 0. The van der Waals surface area contributed by atoms with Crippen LogP contribution >= 0.6 is 0 Å². The van der Waals surface area contributed by atoms with Crippen LogP contribution < -0.4 is 16.4 Å². The minimum absolute atomic E-state index is 0.151. The highest BCUT2D eigenvalue weighted by Crippen LogP contribution is 2.08. The van der Waals surface area contributed by atoms with Crippen LogP contribution in [-0.4, -0.2) is 33.2 Å². The first-order chi connectivity index (χ1) is 8.54. The number of nitrogens with one attached hydrogen (secondary N) is 2. The van der Waals surface area contributed by atoms with Crippen LogP contribution in [0.25, 0.3) is 0 Å². The van der Waals surface area contributed by atoms with E-state index in [-0.39, 0.29) is 18.5 Å². The summed E-state index contributed by atoms with van der Waals surface area (Å²) in [4.78, 5) is 26.1. The largest absolute Gasteiger partial charge is 0.352 e. The number of carbonyl (C=O) groups is 2. The third-order valence-electron chi connectivity index (χ3n) is 2.27. The third-order valence-corrected chi connectivity index (χ3v) is 2.27. The number of hydrogen-bond acceptors (Lipinski definition) is 4. The standard InChI is InChI=1S/C10H18N6O2/c1-3-4-16-9(13-6-14-16)7(2)15-8(17)5-12-10(11)18/h6-7H,3-5H2,1-2H3,(H,15,17)(H3,11,12,18). The van der Waals surface area contributed by atoms with Crippen molar-refractivity contribution in [2.45, 2.75) is 32.9 Å². The number of nitrogens with two attached hydrogens (primary N) is 1. The second-order valence-electron chi connectivity index (χ2n) is 3.85. The summed E-state index contributed by atoms with van der Waals surface area (Å²) in [6.45, 7) is 4.43. The number of rotatable bonds is 6. The summed E-state index contributed by atoms with van der Waals surface area (Å²) < 4.78 is 1.74. The number of primary amides is 1. The Morgan fingerprint density at radius 1 is 1.56 bits per heavy atom. The molecule has 1 unspecified atom stereocenters. The molecule has 0 spiro atoms. The average molecular weight is 254 g/mol. The quantitative estimate of drug-likeness (QED) is 0.636. The normalized spacial score (nSPS) is 11.9. The molecule has 0 aliphatic heterocycles. The van der Waals surface area contributed by atoms with E-state index in [9.17, 15) is 9.59 Å². The molecule has 1 rings (SSSR count).